The lowest BCUT2D eigenvalue weighted by molar-refractivity contribution is -0.118. The molecule has 2 aromatic carbocycles. The molecule has 1 amide bonds. The van der Waals surface area contributed by atoms with E-state index < -0.39 is 0 Å². The van der Waals surface area contributed by atoms with Gasteiger partial charge < -0.3 is 15.3 Å². The summed E-state index contributed by atoms with van der Waals surface area (Å²) in [6.07, 6.45) is 0.943. The van der Waals surface area contributed by atoms with Crippen LogP contribution in [0.15, 0.2) is 53.3 Å². The van der Waals surface area contributed by atoms with Crippen LogP contribution in [0.5, 0.6) is 0 Å². The molecule has 0 bridgehead atoms. The molecule has 0 aliphatic rings. The van der Waals surface area contributed by atoms with Crippen molar-refractivity contribution in [3.05, 3.63) is 64.6 Å². The van der Waals surface area contributed by atoms with Crippen molar-refractivity contribution in [2.45, 2.75) is 39.3 Å². The number of imidazole rings is 1. The van der Waals surface area contributed by atoms with Crippen LogP contribution < -0.4 is 16.3 Å². The molecule has 0 fully saturated rings. The first-order chi connectivity index (χ1) is 12.9. The third-order valence-corrected chi connectivity index (χ3v) is 4.54. The second-order valence-corrected chi connectivity index (χ2v) is 7.31. The summed E-state index contributed by atoms with van der Waals surface area (Å²) in [5.74, 6) is 0.391. The van der Waals surface area contributed by atoms with Crippen LogP contribution in [0.3, 0.4) is 0 Å². The second kappa shape index (κ2) is 8.22. The summed E-state index contributed by atoms with van der Waals surface area (Å²) < 4.78 is 0. The number of aromatic nitrogens is 2. The Labute approximate surface area is 158 Å². The maximum atomic E-state index is 12.7. The van der Waals surface area contributed by atoms with Gasteiger partial charge in [0.2, 0.25) is 5.91 Å². The third kappa shape index (κ3) is 4.86. The Kier molecular flexibility index (Phi) is 5.76. The Bertz CT molecular complexity index is 959. The number of hydrogen-bond donors (Lipinski definition) is 4. The van der Waals surface area contributed by atoms with Crippen LogP contribution in [0, 0.1) is 5.92 Å². The highest BCUT2D eigenvalue weighted by Gasteiger charge is 2.20. The number of nitrogens with one attached hydrogen (secondary N) is 4. The standard InChI is InChI=1S/C21H26N4O2/c1-13(2)11-18(15-7-5-4-6-8-15)22-14(3)20(26)23-16-9-10-17-19(12-16)25-21(27)24-17/h4-10,12-14,18,22H,11H2,1-3H3,(H,23,26)(H2,24,25,27)/t14-,18-/m1/s1. The summed E-state index contributed by atoms with van der Waals surface area (Å²) in [6.45, 7) is 6.22. The highest BCUT2D eigenvalue weighted by molar-refractivity contribution is 5.96. The molecule has 1 heterocycles. The summed E-state index contributed by atoms with van der Waals surface area (Å²) in [5.41, 5.74) is 2.95. The van der Waals surface area contributed by atoms with Gasteiger partial charge in [-0.2, -0.15) is 0 Å². The summed E-state index contributed by atoms with van der Waals surface area (Å²) in [5, 5.41) is 6.37. The van der Waals surface area contributed by atoms with E-state index in [4.69, 9.17) is 0 Å². The summed E-state index contributed by atoms with van der Waals surface area (Å²) >= 11 is 0. The van der Waals surface area contributed by atoms with Crippen molar-refractivity contribution in [2.75, 3.05) is 5.32 Å². The van der Waals surface area contributed by atoms with Crippen molar-refractivity contribution >= 4 is 22.6 Å². The van der Waals surface area contributed by atoms with Gasteiger partial charge in [0.25, 0.3) is 0 Å². The van der Waals surface area contributed by atoms with Gasteiger partial charge in [0, 0.05) is 11.7 Å². The Hall–Kier alpha value is -2.86. The molecular formula is C21H26N4O2. The number of anilines is 1. The molecule has 6 heteroatoms. The number of hydrogen-bond acceptors (Lipinski definition) is 3. The van der Waals surface area contributed by atoms with Gasteiger partial charge in [0.15, 0.2) is 0 Å². The van der Waals surface area contributed by atoms with Crippen LogP contribution in [-0.4, -0.2) is 21.9 Å². The monoisotopic (exact) mass is 366 g/mol. The maximum Gasteiger partial charge on any atom is 0.323 e. The van der Waals surface area contributed by atoms with Crippen molar-refractivity contribution < 1.29 is 4.79 Å². The number of amides is 1. The minimum atomic E-state index is -0.366. The van der Waals surface area contributed by atoms with E-state index >= 15 is 0 Å². The van der Waals surface area contributed by atoms with E-state index in [1.807, 2.05) is 25.1 Å². The van der Waals surface area contributed by atoms with Crippen molar-refractivity contribution in [1.82, 2.24) is 15.3 Å². The highest BCUT2D eigenvalue weighted by atomic mass is 16.2. The van der Waals surface area contributed by atoms with Gasteiger partial charge in [-0.05, 0) is 43.0 Å². The number of carbonyl (C=O) groups is 1. The van der Waals surface area contributed by atoms with E-state index in [2.05, 4.69) is 46.6 Å². The normalized spacial score (nSPS) is 13.6. The molecule has 1 aromatic heterocycles. The average Bonchev–Trinajstić information content (AvgIpc) is 3.00. The van der Waals surface area contributed by atoms with E-state index in [9.17, 15) is 9.59 Å². The van der Waals surface area contributed by atoms with E-state index in [1.54, 1.807) is 18.2 Å². The molecular weight excluding hydrogens is 340 g/mol. The second-order valence-electron chi connectivity index (χ2n) is 7.31. The van der Waals surface area contributed by atoms with Gasteiger partial charge in [0.05, 0.1) is 17.1 Å². The lowest BCUT2D eigenvalue weighted by Gasteiger charge is -2.25. The van der Waals surface area contributed by atoms with Crippen LogP contribution in [0.1, 0.15) is 38.8 Å². The van der Waals surface area contributed by atoms with Gasteiger partial charge in [-0.15, -0.1) is 0 Å². The number of aromatic amines is 2. The zero-order chi connectivity index (χ0) is 19.4. The molecule has 0 spiro atoms. The predicted molar refractivity (Wildman–Crippen MR) is 109 cm³/mol. The van der Waals surface area contributed by atoms with E-state index in [-0.39, 0.29) is 23.7 Å². The largest absolute Gasteiger partial charge is 0.325 e. The minimum absolute atomic E-state index is 0.107. The Morgan fingerprint density at radius 1 is 1.00 bits per heavy atom. The Morgan fingerprint density at radius 2 is 1.70 bits per heavy atom. The molecule has 6 nitrogen and oxygen atoms in total. The molecule has 0 saturated carbocycles. The summed E-state index contributed by atoms with van der Waals surface area (Å²) in [4.78, 5) is 29.4. The number of H-pyrrole nitrogens is 2. The van der Waals surface area contributed by atoms with Gasteiger partial charge in [-0.1, -0.05) is 44.2 Å². The van der Waals surface area contributed by atoms with Crippen molar-refractivity contribution in [3.8, 4) is 0 Å². The number of carbonyl (C=O) groups excluding carboxylic acids is 1. The first kappa shape index (κ1) is 18.9. The maximum absolute atomic E-state index is 12.7. The number of fused-ring (bicyclic) bond motifs is 1. The first-order valence-electron chi connectivity index (χ1n) is 9.26. The average molecular weight is 366 g/mol. The molecule has 27 heavy (non-hydrogen) atoms. The number of rotatable bonds is 7. The molecule has 0 aliphatic heterocycles. The molecule has 2 atom stereocenters. The molecule has 0 unspecified atom stereocenters. The summed E-state index contributed by atoms with van der Waals surface area (Å²) in [7, 11) is 0. The van der Waals surface area contributed by atoms with Crippen LogP contribution in [0.2, 0.25) is 0 Å². The summed E-state index contributed by atoms with van der Waals surface area (Å²) in [6, 6.07) is 15.2. The third-order valence-electron chi connectivity index (χ3n) is 4.54. The number of benzene rings is 2. The zero-order valence-electron chi connectivity index (χ0n) is 15.9. The molecule has 3 rings (SSSR count). The van der Waals surface area contributed by atoms with E-state index in [0.29, 0.717) is 22.6 Å². The van der Waals surface area contributed by atoms with Gasteiger partial charge in [-0.25, -0.2) is 4.79 Å². The van der Waals surface area contributed by atoms with Crippen LogP contribution in [0.25, 0.3) is 11.0 Å². The van der Waals surface area contributed by atoms with Crippen molar-refractivity contribution in [3.63, 3.8) is 0 Å². The molecule has 142 valence electrons. The lowest BCUT2D eigenvalue weighted by Crippen LogP contribution is -2.40. The fourth-order valence-electron chi connectivity index (χ4n) is 3.20. The highest BCUT2D eigenvalue weighted by Crippen LogP contribution is 2.22. The minimum Gasteiger partial charge on any atom is -0.325 e. The topological polar surface area (TPSA) is 89.8 Å². The quantitative estimate of drug-likeness (QED) is 0.515. The SMILES string of the molecule is CC(C)C[C@@H](N[C@H](C)C(=O)Nc1ccc2[nH]c(=O)[nH]c2c1)c1ccccc1. The van der Waals surface area contributed by atoms with E-state index in [0.717, 1.165) is 6.42 Å². The first-order valence-corrected chi connectivity index (χ1v) is 9.26. The van der Waals surface area contributed by atoms with Gasteiger partial charge in [-0.3, -0.25) is 10.1 Å². The van der Waals surface area contributed by atoms with Crippen LogP contribution in [0.4, 0.5) is 5.69 Å². The van der Waals surface area contributed by atoms with E-state index in [1.165, 1.54) is 5.56 Å². The molecule has 0 saturated heterocycles. The Balaban J connectivity index is 1.69. The predicted octanol–water partition coefficient (Wildman–Crippen LogP) is 3.56. The van der Waals surface area contributed by atoms with Crippen LogP contribution in [-0.2, 0) is 4.79 Å². The van der Waals surface area contributed by atoms with Gasteiger partial charge >= 0.3 is 5.69 Å². The molecule has 4 N–H and O–H groups in total. The Morgan fingerprint density at radius 3 is 2.41 bits per heavy atom. The zero-order valence-corrected chi connectivity index (χ0v) is 15.9. The molecule has 0 aliphatic carbocycles. The molecule has 0 radical (unpaired) electrons. The lowest BCUT2D eigenvalue weighted by atomic mass is 9.96. The molecule has 3 aromatic rings. The van der Waals surface area contributed by atoms with Crippen molar-refractivity contribution in [1.29, 1.82) is 0 Å². The fourth-order valence-corrected chi connectivity index (χ4v) is 3.20. The van der Waals surface area contributed by atoms with Gasteiger partial charge in [0.1, 0.15) is 0 Å². The van der Waals surface area contributed by atoms with Crippen LogP contribution >= 0.6 is 0 Å². The smallest absolute Gasteiger partial charge is 0.323 e. The fraction of sp³-hybridized carbons (Fsp3) is 0.333. The van der Waals surface area contributed by atoms with Crippen molar-refractivity contribution in [2.24, 2.45) is 5.92 Å².